The van der Waals surface area contributed by atoms with Crippen LogP contribution >= 0.6 is 0 Å². The number of amides is 1. The number of nitrogens with one attached hydrogen (secondary N) is 1. The number of carbonyl (C=O) groups excluding carboxylic acids is 1. The molecular formula is C14H20F2N2O. The van der Waals surface area contributed by atoms with Crippen LogP contribution in [0.25, 0.3) is 0 Å². The van der Waals surface area contributed by atoms with Gasteiger partial charge in [-0.1, -0.05) is 26.8 Å². The van der Waals surface area contributed by atoms with E-state index in [-0.39, 0.29) is 16.9 Å². The van der Waals surface area contributed by atoms with Crippen LogP contribution in [0.15, 0.2) is 18.2 Å². The van der Waals surface area contributed by atoms with Gasteiger partial charge in [0.1, 0.15) is 11.6 Å². The van der Waals surface area contributed by atoms with E-state index in [4.69, 9.17) is 5.73 Å². The Morgan fingerprint density at radius 2 is 1.89 bits per heavy atom. The van der Waals surface area contributed by atoms with Crippen LogP contribution in [0.1, 0.15) is 39.3 Å². The van der Waals surface area contributed by atoms with Gasteiger partial charge in [-0.2, -0.15) is 0 Å². The van der Waals surface area contributed by atoms with Gasteiger partial charge in [-0.15, -0.1) is 0 Å². The highest BCUT2D eigenvalue weighted by Crippen LogP contribution is 2.20. The van der Waals surface area contributed by atoms with E-state index in [1.54, 1.807) is 6.92 Å². The fourth-order valence-electron chi connectivity index (χ4n) is 1.63. The van der Waals surface area contributed by atoms with Crippen molar-refractivity contribution in [3.05, 3.63) is 35.4 Å². The zero-order valence-corrected chi connectivity index (χ0v) is 11.6. The topological polar surface area (TPSA) is 55.1 Å². The van der Waals surface area contributed by atoms with E-state index in [9.17, 15) is 13.6 Å². The largest absolute Gasteiger partial charge is 0.348 e. The molecule has 1 unspecified atom stereocenters. The predicted octanol–water partition coefficient (Wildman–Crippen LogP) is 2.52. The summed E-state index contributed by atoms with van der Waals surface area (Å²) in [6.45, 7) is 7.17. The van der Waals surface area contributed by atoms with E-state index in [1.807, 2.05) is 20.8 Å². The molecule has 5 heteroatoms. The van der Waals surface area contributed by atoms with Gasteiger partial charge in [0.25, 0.3) is 0 Å². The van der Waals surface area contributed by atoms with Gasteiger partial charge in [0, 0.05) is 11.6 Å². The van der Waals surface area contributed by atoms with Crippen LogP contribution in [0, 0.1) is 17.0 Å². The zero-order valence-electron chi connectivity index (χ0n) is 11.6. The first kappa shape index (κ1) is 15.6. The molecule has 0 radical (unpaired) electrons. The normalized spacial score (nSPS) is 14.9. The third-order valence-electron chi connectivity index (χ3n) is 3.00. The van der Waals surface area contributed by atoms with Crippen LogP contribution in [0.3, 0.4) is 0 Å². The summed E-state index contributed by atoms with van der Waals surface area (Å²) in [4.78, 5) is 11.9. The highest BCUT2D eigenvalue weighted by atomic mass is 19.1. The Morgan fingerprint density at radius 1 is 1.32 bits per heavy atom. The Bertz CT molecular complexity index is 469. The highest BCUT2D eigenvalue weighted by Gasteiger charge is 2.28. The molecule has 2 atom stereocenters. The van der Waals surface area contributed by atoms with Crippen molar-refractivity contribution in [2.24, 2.45) is 11.1 Å². The molecule has 0 aliphatic heterocycles. The van der Waals surface area contributed by atoms with Crippen LogP contribution in [0.5, 0.6) is 0 Å². The monoisotopic (exact) mass is 270 g/mol. The highest BCUT2D eigenvalue weighted by molar-refractivity contribution is 5.82. The van der Waals surface area contributed by atoms with Crippen LogP contribution < -0.4 is 11.1 Å². The van der Waals surface area contributed by atoms with Crippen molar-refractivity contribution >= 4 is 5.91 Å². The molecule has 0 heterocycles. The molecular weight excluding hydrogens is 250 g/mol. The molecule has 0 aliphatic rings. The Balaban J connectivity index is 2.80. The standard InChI is InChI=1S/C14H20F2N2O/c1-8(10-6-5-9(15)7-11(10)16)18-13(19)12(17)14(2,3)4/h5-8,12H,17H2,1-4H3,(H,18,19)/t8?,12-/m1/s1. The number of halogens is 2. The molecule has 0 spiro atoms. The smallest absolute Gasteiger partial charge is 0.237 e. The van der Waals surface area contributed by atoms with Crippen molar-refractivity contribution in [3.8, 4) is 0 Å². The molecule has 0 saturated heterocycles. The second-order valence-corrected chi connectivity index (χ2v) is 5.74. The van der Waals surface area contributed by atoms with Gasteiger partial charge in [-0.3, -0.25) is 4.79 Å². The molecule has 106 valence electrons. The van der Waals surface area contributed by atoms with Crippen molar-refractivity contribution in [2.75, 3.05) is 0 Å². The molecule has 19 heavy (non-hydrogen) atoms. The van der Waals surface area contributed by atoms with E-state index in [0.717, 1.165) is 12.1 Å². The number of hydrogen-bond acceptors (Lipinski definition) is 2. The van der Waals surface area contributed by atoms with Crippen LogP contribution in [0.2, 0.25) is 0 Å². The molecule has 1 rings (SSSR count). The zero-order chi connectivity index (χ0) is 14.8. The summed E-state index contributed by atoms with van der Waals surface area (Å²) < 4.78 is 26.4. The van der Waals surface area contributed by atoms with Gasteiger partial charge in [0.05, 0.1) is 12.1 Å². The van der Waals surface area contributed by atoms with Gasteiger partial charge in [-0.05, 0) is 18.4 Å². The van der Waals surface area contributed by atoms with E-state index >= 15 is 0 Å². The lowest BCUT2D eigenvalue weighted by atomic mass is 9.86. The van der Waals surface area contributed by atoms with Crippen molar-refractivity contribution in [1.29, 1.82) is 0 Å². The fourth-order valence-corrected chi connectivity index (χ4v) is 1.63. The van der Waals surface area contributed by atoms with E-state index in [0.29, 0.717) is 0 Å². The Labute approximate surface area is 112 Å². The van der Waals surface area contributed by atoms with Gasteiger partial charge >= 0.3 is 0 Å². The number of nitrogens with two attached hydrogens (primary N) is 1. The van der Waals surface area contributed by atoms with Crippen molar-refractivity contribution < 1.29 is 13.6 Å². The average molecular weight is 270 g/mol. The Hall–Kier alpha value is -1.49. The fraction of sp³-hybridized carbons (Fsp3) is 0.500. The quantitative estimate of drug-likeness (QED) is 0.886. The predicted molar refractivity (Wildman–Crippen MR) is 70.3 cm³/mol. The molecule has 1 amide bonds. The summed E-state index contributed by atoms with van der Waals surface area (Å²) in [6, 6.07) is 2.00. The van der Waals surface area contributed by atoms with Gasteiger partial charge < -0.3 is 11.1 Å². The first-order valence-corrected chi connectivity index (χ1v) is 6.14. The summed E-state index contributed by atoms with van der Waals surface area (Å²) in [6.07, 6.45) is 0. The molecule has 0 aromatic heterocycles. The van der Waals surface area contributed by atoms with Crippen molar-refractivity contribution in [3.63, 3.8) is 0 Å². The third-order valence-corrected chi connectivity index (χ3v) is 3.00. The summed E-state index contributed by atoms with van der Waals surface area (Å²) in [5.41, 5.74) is 5.67. The average Bonchev–Trinajstić information content (AvgIpc) is 2.26. The number of rotatable bonds is 3. The minimum atomic E-state index is -0.696. The third kappa shape index (κ3) is 3.99. The molecule has 3 nitrogen and oxygen atoms in total. The Morgan fingerprint density at radius 3 is 2.37 bits per heavy atom. The Kier molecular flexibility index (Phi) is 4.63. The lowest BCUT2D eigenvalue weighted by Gasteiger charge is -2.27. The summed E-state index contributed by atoms with van der Waals surface area (Å²) in [5.74, 6) is -1.69. The maximum atomic E-state index is 13.6. The summed E-state index contributed by atoms with van der Waals surface area (Å²) >= 11 is 0. The molecule has 3 N–H and O–H groups in total. The first-order chi connectivity index (χ1) is 8.62. The van der Waals surface area contributed by atoms with Gasteiger partial charge in [0.2, 0.25) is 5.91 Å². The van der Waals surface area contributed by atoms with Crippen LogP contribution in [-0.4, -0.2) is 11.9 Å². The maximum Gasteiger partial charge on any atom is 0.237 e. The number of benzene rings is 1. The maximum absolute atomic E-state index is 13.6. The molecule has 0 aliphatic carbocycles. The SMILES string of the molecule is CC(NC(=O)[C@@H](N)C(C)(C)C)c1ccc(F)cc1F. The molecule has 0 fully saturated rings. The minimum absolute atomic E-state index is 0.232. The first-order valence-electron chi connectivity index (χ1n) is 6.14. The van der Waals surface area contributed by atoms with Crippen LogP contribution in [-0.2, 0) is 4.79 Å². The van der Waals surface area contributed by atoms with Crippen molar-refractivity contribution in [2.45, 2.75) is 39.8 Å². The summed E-state index contributed by atoms with van der Waals surface area (Å²) in [7, 11) is 0. The van der Waals surface area contributed by atoms with Gasteiger partial charge in [0.15, 0.2) is 0 Å². The second kappa shape index (κ2) is 5.65. The second-order valence-electron chi connectivity index (χ2n) is 5.74. The number of carbonyl (C=O) groups is 1. The molecule has 0 saturated carbocycles. The molecule has 1 aromatic carbocycles. The molecule has 0 bridgehead atoms. The van der Waals surface area contributed by atoms with E-state index < -0.39 is 23.7 Å². The van der Waals surface area contributed by atoms with Crippen LogP contribution in [0.4, 0.5) is 8.78 Å². The van der Waals surface area contributed by atoms with E-state index in [2.05, 4.69) is 5.32 Å². The lowest BCUT2D eigenvalue weighted by Crippen LogP contribution is -2.49. The number of hydrogen-bond donors (Lipinski definition) is 2. The van der Waals surface area contributed by atoms with Gasteiger partial charge in [-0.25, -0.2) is 8.78 Å². The summed E-state index contributed by atoms with van der Waals surface area (Å²) in [5, 5.41) is 2.64. The van der Waals surface area contributed by atoms with Crippen molar-refractivity contribution in [1.82, 2.24) is 5.32 Å². The minimum Gasteiger partial charge on any atom is -0.348 e. The lowest BCUT2D eigenvalue weighted by molar-refractivity contribution is -0.125. The molecule has 1 aromatic rings. The van der Waals surface area contributed by atoms with E-state index in [1.165, 1.54) is 6.07 Å².